The number of amides is 1. The zero-order chi connectivity index (χ0) is 12.7. The Balaban J connectivity index is 2.71. The maximum atomic E-state index is 11.8. The maximum Gasteiger partial charge on any atom is 0.251 e. The van der Waals surface area contributed by atoms with Crippen LogP contribution in [0.5, 0.6) is 0 Å². The van der Waals surface area contributed by atoms with Gasteiger partial charge in [0.25, 0.3) is 5.91 Å². The number of rotatable bonds is 6. The van der Waals surface area contributed by atoms with Crippen molar-refractivity contribution < 1.29 is 4.79 Å². The van der Waals surface area contributed by atoms with E-state index in [4.69, 9.17) is 0 Å². The molecule has 0 aliphatic heterocycles. The van der Waals surface area contributed by atoms with Gasteiger partial charge in [-0.15, -0.1) is 0 Å². The number of nitrogens with one attached hydrogen (secondary N) is 2. The normalized spacial score (nSPS) is 10.1. The average molecular weight is 234 g/mol. The lowest BCUT2D eigenvalue weighted by molar-refractivity contribution is 0.0953. The molecule has 0 atom stereocenters. The molecule has 0 spiro atoms. The van der Waals surface area contributed by atoms with Gasteiger partial charge in [-0.2, -0.15) is 0 Å². The Morgan fingerprint density at radius 1 is 1.18 bits per heavy atom. The van der Waals surface area contributed by atoms with E-state index in [1.807, 2.05) is 32.0 Å². The van der Waals surface area contributed by atoms with Crippen molar-refractivity contribution in [3.8, 4) is 0 Å². The first-order valence-electron chi connectivity index (χ1n) is 6.31. The Morgan fingerprint density at radius 3 is 2.47 bits per heavy atom. The second-order valence-corrected chi connectivity index (χ2v) is 4.21. The van der Waals surface area contributed by atoms with Crippen LogP contribution in [0.1, 0.15) is 42.6 Å². The highest BCUT2D eigenvalue weighted by atomic mass is 16.1. The smallest absolute Gasteiger partial charge is 0.251 e. The fourth-order valence-corrected chi connectivity index (χ4v) is 1.63. The van der Waals surface area contributed by atoms with Gasteiger partial charge < -0.3 is 10.6 Å². The van der Waals surface area contributed by atoms with Crippen LogP contribution < -0.4 is 10.6 Å². The Morgan fingerprint density at radius 2 is 1.88 bits per heavy atom. The predicted molar refractivity (Wildman–Crippen MR) is 72.6 cm³/mol. The highest BCUT2D eigenvalue weighted by Crippen LogP contribution is 2.15. The molecule has 0 heterocycles. The number of carbonyl (C=O) groups is 1. The summed E-state index contributed by atoms with van der Waals surface area (Å²) in [6.45, 7) is 7.84. The summed E-state index contributed by atoms with van der Waals surface area (Å²) >= 11 is 0. The highest BCUT2D eigenvalue weighted by Gasteiger charge is 2.08. The molecule has 1 aromatic carbocycles. The summed E-state index contributed by atoms with van der Waals surface area (Å²) in [4.78, 5) is 11.8. The van der Waals surface area contributed by atoms with Crippen molar-refractivity contribution in [2.75, 3.05) is 18.4 Å². The van der Waals surface area contributed by atoms with Crippen LogP contribution in [0.15, 0.2) is 18.2 Å². The number of hydrogen-bond donors (Lipinski definition) is 2. The van der Waals surface area contributed by atoms with Crippen LogP contribution in [-0.4, -0.2) is 19.0 Å². The van der Waals surface area contributed by atoms with Crippen LogP contribution in [0.2, 0.25) is 0 Å². The van der Waals surface area contributed by atoms with Crippen LogP contribution in [-0.2, 0) is 0 Å². The van der Waals surface area contributed by atoms with Gasteiger partial charge in [0.15, 0.2) is 0 Å². The summed E-state index contributed by atoms with van der Waals surface area (Å²) in [5.41, 5.74) is 2.86. The molecule has 0 aliphatic carbocycles. The number of anilines is 1. The molecular weight excluding hydrogens is 212 g/mol. The standard InChI is InChI=1S/C14H22N2O/c1-4-8-15-12-6-7-13(11(3)10-12)14(17)16-9-5-2/h6-7,10,15H,4-5,8-9H2,1-3H3,(H,16,17). The molecule has 94 valence electrons. The van der Waals surface area contributed by atoms with Gasteiger partial charge in [-0.05, 0) is 43.5 Å². The highest BCUT2D eigenvalue weighted by molar-refractivity contribution is 5.96. The fourth-order valence-electron chi connectivity index (χ4n) is 1.63. The molecule has 3 heteroatoms. The minimum atomic E-state index is 0.0198. The van der Waals surface area contributed by atoms with E-state index >= 15 is 0 Å². The summed E-state index contributed by atoms with van der Waals surface area (Å²) in [7, 11) is 0. The Hall–Kier alpha value is -1.51. The molecule has 0 aliphatic rings. The summed E-state index contributed by atoms with van der Waals surface area (Å²) in [6, 6.07) is 5.87. The zero-order valence-corrected chi connectivity index (χ0v) is 11.0. The van der Waals surface area contributed by atoms with E-state index in [2.05, 4.69) is 17.6 Å². The molecular formula is C14H22N2O. The van der Waals surface area contributed by atoms with Gasteiger partial charge >= 0.3 is 0 Å². The van der Waals surface area contributed by atoms with E-state index in [-0.39, 0.29) is 5.91 Å². The topological polar surface area (TPSA) is 41.1 Å². The monoisotopic (exact) mass is 234 g/mol. The van der Waals surface area contributed by atoms with Crippen molar-refractivity contribution in [2.45, 2.75) is 33.6 Å². The third kappa shape index (κ3) is 4.10. The average Bonchev–Trinajstić information content (AvgIpc) is 2.33. The number of hydrogen-bond acceptors (Lipinski definition) is 2. The minimum Gasteiger partial charge on any atom is -0.385 e. The van der Waals surface area contributed by atoms with E-state index in [9.17, 15) is 4.79 Å². The van der Waals surface area contributed by atoms with Crippen LogP contribution in [0.4, 0.5) is 5.69 Å². The number of carbonyl (C=O) groups excluding carboxylic acids is 1. The molecule has 1 amide bonds. The van der Waals surface area contributed by atoms with E-state index < -0.39 is 0 Å². The van der Waals surface area contributed by atoms with E-state index in [1.54, 1.807) is 0 Å². The van der Waals surface area contributed by atoms with Crippen LogP contribution >= 0.6 is 0 Å². The third-order valence-electron chi connectivity index (χ3n) is 2.59. The molecule has 1 rings (SSSR count). The SMILES string of the molecule is CCCNC(=O)c1ccc(NCCC)cc1C. The Labute approximate surface area is 104 Å². The maximum absolute atomic E-state index is 11.8. The summed E-state index contributed by atoms with van der Waals surface area (Å²) < 4.78 is 0. The Bertz CT molecular complexity index is 374. The lowest BCUT2D eigenvalue weighted by Gasteiger charge is -2.10. The van der Waals surface area contributed by atoms with Crippen molar-refractivity contribution >= 4 is 11.6 Å². The van der Waals surface area contributed by atoms with Crippen molar-refractivity contribution in [3.05, 3.63) is 29.3 Å². The molecule has 17 heavy (non-hydrogen) atoms. The number of aryl methyl sites for hydroxylation is 1. The zero-order valence-electron chi connectivity index (χ0n) is 11.0. The van der Waals surface area contributed by atoms with Gasteiger partial charge in [0, 0.05) is 24.3 Å². The third-order valence-corrected chi connectivity index (χ3v) is 2.59. The van der Waals surface area contributed by atoms with Crippen LogP contribution in [0, 0.1) is 6.92 Å². The lowest BCUT2D eigenvalue weighted by Crippen LogP contribution is -2.24. The van der Waals surface area contributed by atoms with Crippen molar-refractivity contribution in [1.82, 2.24) is 5.32 Å². The first-order valence-corrected chi connectivity index (χ1v) is 6.31. The first-order chi connectivity index (χ1) is 8.19. The molecule has 0 saturated carbocycles. The van der Waals surface area contributed by atoms with E-state index in [0.717, 1.165) is 42.7 Å². The predicted octanol–water partition coefficient (Wildman–Crippen LogP) is 2.96. The molecule has 0 aromatic heterocycles. The van der Waals surface area contributed by atoms with Crippen molar-refractivity contribution in [3.63, 3.8) is 0 Å². The summed E-state index contributed by atoms with van der Waals surface area (Å²) in [5, 5.41) is 6.21. The quantitative estimate of drug-likeness (QED) is 0.794. The van der Waals surface area contributed by atoms with Crippen LogP contribution in [0.3, 0.4) is 0 Å². The van der Waals surface area contributed by atoms with Gasteiger partial charge in [-0.1, -0.05) is 13.8 Å². The van der Waals surface area contributed by atoms with Crippen LogP contribution in [0.25, 0.3) is 0 Å². The van der Waals surface area contributed by atoms with Gasteiger partial charge in [0.1, 0.15) is 0 Å². The summed E-state index contributed by atoms with van der Waals surface area (Å²) in [6.07, 6.45) is 2.05. The molecule has 0 fully saturated rings. The Kier molecular flexibility index (Phi) is 5.53. The lowest BCUT2D eigenvalue weighted by atomic mass is 10.1. The molecule has 2 N–H and O–H groups in total. The number of benzene rings is 1. The summed E-state index contributed by atoms with van der Waals surface area (Å²) in [5.74, 6) is 0.0198. The molecule has 1 aromatic rings. The molecule has 0 bridgehead atoms. The van der Waals surface area contributed by atoms with Gasteiger partial charge in [0.2, 0.25) is 0 Å². The minimum absolute atomic E-state index is 0.0198. The molecule has 0 saturated heterocycles. The van der Waals surface area contributed by atoms with Gasteiger partial charge in [-0.25, -0.2) is 0 Å². The van der Waals surface area contributed by atoms with Gasteiger partial charge in [-0.3, -0.25) is 4.79 Å². The fraction of sp³-hybridized carbons (Fsp3) is 0.500. The largest absolute Gasteiger partial charge is 0.385 e. The van der Waals surface area contributed by atoms with Gasteiger partial charge in [0.05, 0.1) is 0 Å². The van der Waals surface area contributed by atoms with E-state index in [1.165, 1.54) is 0 Å². The van der Waals surface area contributed by atoms with Crippen molar-refractivity contribution in [1.29, 1.82) is 0 Å². The van der Waals surface area contributed by atoms with E-state index in [0.29, 0.717) is 0 Å². The van der Waals surface area contributed by atoms with Crippen molar-refractivity contribution in [2.24, 2.45) is 0 Å². The molecule has 0 unspecified atom stereocenters. The molecule has 3 nitrogen and oxygen atoms in total. The molecule has 0 radical (unpaired) electrons. The first kappa shape index (κ1) is 13.6. The second kappa shape index (κ2) is 6.94. The second-order valence-electron chi connectivity index (χ2n) is 4.21.